The maximum atomic E-state index is 4.85. The minimum Gasteiger partial charge on any atom is -0.357 e. The van der Waals surface area contributed by atoms with Crippen molar-refractivity contribution in [3.05, 3.63) is 17.5 Å². The van der Waals surface area contributed by atoms with E-state index in [2.05, 4.69) is 73.2 Å². The molecule has 158 valence electrons. The zero-order chi connectivity index (χ0) is 19.5. The molecule has 0 aliphatic carbocycles. The molecule has 6 nitrogen and oxygen atoms in total. The Morgan fingerprint density at radius 2 is 1.85 bits per heavy atom. The van der Waals surface area contributed by atoms with Gasteiger partial charge in [0.1, 0.15) is 0 Å². The molecule has 0 amide bonds. The molecule has 0 fully saturated rings. The molecule has 0 saturated heterocycles. The maximum absolute atomic E-state index is 4.85. The summed E-state index contributed by atoms with van der Waals surface area (Å²) < 4.78 is 2.08. The van der Waals surface area contributed by atoms with Gasteiger partial charge in [-0.2, -0.15) is 5.10 Å². The van der Waals surface area contributed by atoms with Gasteiger partial charge in [0.05, 0.1) is 12.2 Å². The molecule has 27 heavy (non-hydrogen) atoms. The van der Waals surface area contributed by atoms with Gasteiger partial charge in [0.25, 0.3) is 0 Å². The van der Waals surface area contributed by atoms with Gasteiger partial charge < -0.3 is 15.5 Å². The largest absolute Gasteiger partial charge is 0.357 e. The fraction of sp³-hybridized carbons (Fsp3) is 0.800. The van der Waals surface area contributed by atoms with Crippen LogP contribution in [-0.2, 0) is 6.54 Å². The molecule has 0 aliphatic heterocycles. The molecule has 1 rings (SSSR count). The first-order valence-corrected chi connectivity index (χ1v) is 10.1. The third-order valence-electron chi connectivity index (χ3n) is 4.98. The summed E-state index contributed by atoms with van der Waals surface area (Å²) in [7, 11) is 4.32. The van der Waals surface area contributed by atoms with Crippen molar-refractivity contribution in [1.82, 2.24) is 25.3 Å². The molecular formula is C20H41IN6. The number of guanidine groups is 1. The molecule has 1 heterocycles. The Kier molecular flexibility index (Phi) is 13.8. The topological polar surface area (TPSA) is 57.5 Å². The number of nitrogens with one attached hydrogen (secondary N) is 2. The monoisotopic (exact) mass is 492 g/mol. The Morgan fingerprint density at radius 1 is 1.19 bits per heavy atom. The third-order valence-corrected chi connectivity index (χ3v) is 4.98. The summed E-state index contributed by atoms with van der Waals surface area (Å²) in [6, 6.07) is 2.60. The molecule has 1 aromatic heterocycles. The number of aliphatic imine (C=N–C) groups is 1. The van der Waals surface area contributed by atoms with Crippen molar-refractivity contribution < 1.29 is 0 Å². The van der Waals surface area contributed by atoms with E-state index in [0.29, 0.717) is 12.0 Å². The van der Waals surface area contributed by atoms with E-state index in [-0.39, 0.29) is 24.0 Å². The Balaban J connectivity index is 0.00000676. The van der Waals surface area contributed by atoms with Crippen LogP contribution in [0.4, 0.5) is 0 Å². The Morgan fingerprint density at radius 3 is 2.33 bits per heavy atom. The molecule has 1 unspecified atom stereocenters. The molecule has 0 saturated carbocycles. The second kappa shape index (κ2) is 14.2. The normalized spacial score (nSPS) is 13.0. The predicted molar refractivity (Wildman–Crippen MR) is 127 cm³/mol. The lowest BCUT2D eigenvalue weighted by Crippen LogP contribution is -2.41. The molecule has 2 N–H and O–H groups in total. The van der Waals surface area contributed by atoms with E-state index < -0.39 is 0 Å². The van der Waals surface area contributed by atoms with Crippen LogP contribution in [0.3, 0.4) is 0 Å². The van der Waals surface area contributed by atoms with Crippen LogP contribution in [0, 0.1) is 19.8 Å². The number of hydrogen-bond donors (Lipinski definition) is 2. The standard InChI is InChI=1S/C20H40N6.HI/c1-8-18(9-2)19(25(6)7)15-23-20(21-10-3)22-12-11-13-26-17(5)14-16(4)24-26;/h14,18-19H,8-13,15H2,1-7H3,(H2,21,22,23);1H. The van der Waals surface area contributed by atoms with Crippen LogP contribution in [-0.4, -0.2) is 60.4 Å². The van der Waals surface area contributed by atoms with Crippen molar-refractivity contribution >= 4 is 29.9 Å². The van der Waals surface area contributed by atoms with Gasteiger partial charge in [0.2, 0.25) is 0 Å². The van der Waals surface area contributed by atoms with Crippen molar-refractivity contribution in [3.8, 4) is 0 Å². The lowest BCUT2D eigenvalue weighted by atomic mass is 9.93. The van der Waals surface area contributed by atoms with Crippen LogP contribution in [0.5, 0.6) is 0 Å². The number of hydrogen-bond acceptors (Lipinski definition) is 3. The van der Waals surface area contributed by atoms with E-state index in [0.717, 1.165) is 44.3 Å². The first-order chi connectivity index (χ1) is 12.4. The molecule has 7 heteroatoms. The first kappa shape index (κ1) is 26.2. The highest BCUT2D eigenvalue weighted by Crippen LogP contribution is 2.17. The van der Waals surface area contributed by atoms with Crippen molar-refractivity contribution in [2.24, 2.45) is 10.9 Å². The number of nitrogens with zero attached hydrogens (tertiary/aromatic N) is 4. The van der Waals surface area contributed by atoms with Crippen molar-refractivity contribution in [2.75, 3.05) is 33.7 Å². The highest BCUT2D eigenvalue weighted by molar-refractivity contribution is 14.0. The molecule has 0 bridgehead atoms. The minimum atomic E-state index is 0. The average Bonchev–Trinajstić information content (AvgIpc) is 2.92. The van der Waals surface area contributed by atoms with Crippen molar-refractivity contribution in [3.63, 3.8) is 0 Å². The Bertz CT molecular complexity index is 537. The molecule has 0 aliphatic rings. The van der Waals surface area contributed by atoms with Gasteiger partial charge in [-0.15, -0.1) is 24.0 Å². The number of rotatable bonds is 11. The van der Waals surface area contributed by atoms with Gasteiger partial charge in [-0.25, -0.2) is 0 Å². The number of aryl methyl sites for hydroxylation is 3. The summed E-state index contributed by atoms with van der Waals surface area (Å²) in [6.45, 7) is 14.3. The van der Waals surface area contributed by atoms with Gasteiger partial charge >= 0.3 is 0 Å². The summed E-state index contributed by atoms with van der Waals surface area (Å²) in [4.78, 5) is 7.16. The second-order valence-corrected chi connectivity index (χ2v) is 7.26. The molecule has 1 aromatic rings. The van der Waals surface area contributed by atoms with E-state index in [1.54, 1.807) is 0 Å². The molecular weight excluding hydrogens is 451 g/mol. The van der Waals surface area contributed by atoms with E-state index in [1.807, 2.05) is 6.92 Å². The van der Waals surface area contributed by atoms with Gasteiger partial charge in [0.15, 0.2) is 5.96 Å². The summed E-state index contributed by atoms with van der Waals surface area (Å²) >= 11 is 0. The molecule has 0 aromatic carbocycles. The van der Waals surface area contributed by atoms with Crippen molar-refractivity contribution in [1.29, 1.82) is 0 Å². The van der Waals surface area contributed by atoms with E-state index in [9.17, 15) is 0 Å². The Hall–Kier alpha value is -0.830. The third kappa shape index (κ3) is 9.27. The highest BCUT2D eigenvalue weighted by atomic mass is 127. The van der Waals surface area contributed by atoms with Crippen LogP contribution in [0.15, 0.2) is 11.1 Å². The Labute approximate surface area is 183 Å². The lowest BCUT2D eigenvalue weighted by Gasteiger charge is -2.30. The van der Waals surface area contributed by atoms with E-state index in [4.69, 9.17) is 4.99 Å². The summed E-state index contributed by atoms with van der Waals surface area (Å²) in [5.74, 6) is 1.60. The molecule has 1 atom stereocenters. The van der Waals surface area contributed by atoms with Crippen LogP contribution < -0.4 is 10.6 Å². The van der Waals surface area contributed by atoms with E-state index >= 15 is 0 Å². The molecule has 0 spiro atoms. The fourth-order valence-electron chi connectivity index (χ4n) is 3.43. The van der Waals surface area contributed by atoms with Gasteiger partial charge in [0, 0.05) is 31.4 Å². The van der Waals surface area contributed by atoms with Crippen LogP contribution >= 0.6 is 24.0 Å². The molecule has 0 radical (unpaired) electrons. The summed E-state index contributed by atoms with van der Waals surface area (Å²) in [6.07, 6.45) is 3.42. The smallest absolute Gasteiger partial charge is 0.191 e. The maximum Gasteiger partial charge on any atom is 0.191 e. The SMILES string of the molecule is CCNC(=NCC(C(CC)CC)N(C)C)NCCCn1nc(C)cc1C.I. The fourth-order valence-corrected chi connectivity index (χ4v) is 3.43. The van der Waals surface area contributed by atoms with Crippen LogP contribution in [0.25, 0.3) is 0 Å². The number of halogens is 1. The second-order valence-electron chi connectivity index (χ2n) is 7.26. The quantitative estimate of drug-likeness (QED) is 0.215. The lowest BCUT2D eigenvalue weighted by molar-refractivity contribution is 0.206. The van der Waals surface area contributed by atoms with Gasteiger partial charge in [-0.05, 0) is 53.3 Å². The van der Waals surface area contributed by atoms with Gasteiger partial charge in [-0.1, -0.05) is 26.7 Å². The van der Waals surface area contributed by atoms with Crippen molar-refractivity contribution in [2.45, 2.75) is 66.5 Å². The summed E-state index contributed by atoms with van der Waals surface area (Å²) in [5, 5.41) is 11.3. The van der Waals surface area contributed by atoms with Crippen LogP contribution in [0.1, 0.15) is 51.4 Å². The van der Waals surface area contributed by atoms with E-state index in [1.165, 1.54) is 18.5 Å². The zero-order valence-electron chi connectivity index (χ0n) is 18.4. The minimum absolute atomic E-state index is 0. The average molecular weight is 492 g/mol. The number of likely N-dealkylation sites (N-methyl/N-ethyl adjacent to an activating group) is 1. The predicted octanol–water partition coefficient (Wildman–Crippen LogP) is 3.43. The highest BCUT2D eigenvalue weighted by Gasteiger charge is 2.20. The zero-order valence-corrected chi connectivity index (χ0v) is 20.7. The number of aromatic nitrogens is 2. The van der Waals surface area contributed by atoms with Gasteiger partial charge in [-0.3, -0.25) is 9.67 Å². The summed E-state index contributed by atoms with van der Waals surface area (Å²) in [5.41, 5.74) is 2.31. The van der Waals surface area contributed by atoms with Crippen LogP contribution in [0.2, 0.25) is 0 Å². The first-order valence-electron chi connectivity index (χ1n) is 10.1.